The molecule has 1 saturated carbocycles. The Morgan fingerprint density at radius 3 is 2.38 bits per heavy atom. The molecular formula is C27H29FO4. The van der Waals surface area contributed by atoms with Crippen LogP contribution in [-0.2, 0) is 11.3 Å². The van der Waals surface area contributed by atoms with Crippen LogP contribution in [0.3, 0.4) is 0 Å². The lowest BCUT2D eigenvalue weighted by molar-refractivity contribution is -0.0261. The fourth-order valence-corrected chi connectivity index (χ4v) is 3.46. The average molecular weight is 437 g/mol. The van der Waals surface area contributed by atoms with Crippen LogP contribution in [0.25, 0.3) is 0 Å². The zero-order valence-electron chi connectivity index (χ0n) is 18.5. The summed E-state index contributed by atoms with van der Waals surface area (Å²) in [5.74, 6) is 2.26. The molecule has 4 nitrogen and oxygen atoms in total. The molecule has 1 fully saturated rings. The maximum absolute atomic E-state index is 14.0. The van der Waals surface area contributed by atoms with E-state index in [1.165, 1.54) is 12.1 Å². The zero-order chi connectivity index (χ0) is 22.3. The first-order valence-electron chi connectivity index (χ1n) is 11.0. The molecule has 3 aromatic rings. The van der Waals surface area contributed by atoms with E-state index in [-0.39, 0.29) is 11.9 Å². The molecule has 0 spiro atoms. The van der Waals surface area contributed by atoms with Crippen molar-refractivity contribution in [2.45, 2.75) is 38.6 Å². The molecule has 0 aromatic heterocycles. The van der Waals surface area contributed by atoms with Gasteiger partial charge in [0, 0.05) is 11.6 Å². The Balaban J connectivity index is 1.55. The van der Waals surface area contributed by atoms with Gasteiger partial charge in [0.2, 0.25) is 0 Å². The predicted octanol–water partition coefficient (Wildman–Crippen LogP) is 6.35. The van der Waals surface area contributed by atoms with Crippen LogP contribution >= 0.6 is 0 Å². The summed E-state index contributed by atoms with van der Waals surface area (Å²) in [5.41, 5.74) is 1.80. The highest BCUT2D eigenvalue weighted by Gasteiger charge is 2.28. The Kier molecular flexibility index (Phi) is 7.28. The normalized spacial score (nSPS) is 15.1. The van der Waals surface area contributed by atoms with E-state index in [0.717, 1.165) is 35.5 Å². The van der Waals surface area contributed by atoms with Gasteiger partial charge in [0.1, 0.15) is 23.1 Å². The molecular weight excluding hydrogens is 407 g/mol. The third-order valence-corrected chi connectivity index (χ3v) is 5.56. The molecule has 4 rings (SSSR count). The lowest BCUT2D eigenvalue weighted by atomic mass is 10.0. The fraction of sp³-hybridized carbons (Fsp3) is 0.333. The number of benzene rings is 3. The first-order valence-corrected chi connectivity index (χ1v) is 11.0. The largest absolute Gasteiger partial charge is 0.497 e. The van der Waals surface area contributed by atoms with Gasteiger partial charge in [-0.3, -0.25) is 0 Å². The summed E-state index contributed by atoms with van der Waals surface area (Å²) >= 11 is 0. The molecule has 0 radical (unpaired) electrons. The molecule has 0 N–H and O–H groups in total. The monoisotopic (exact) mass is 436 g/mol. The van der Waals surface area contributed by atoms with Crippen LogP contribution in [-0.4, -0.2) is 19.8 Å². The number of halogens is 1. The van der Waals surface area contributed by atoms with Gasteiger partial charge in [-0.05, 0) is 67.6 Å². The van der Waals surface area contributed by atoms with Gasteiger partial charge in [0.15, 0.2) is 6.10 Å². The number of hydrogen-bond acceptors (Lipinski definition) is 4. The summed E-state index contributed by atoms with van der Waals surface area (Å²) in [6.45, 7) is 2.97. The van der Waals surface area contributed by atoms with Crippen molar-refractivity contribution in [1.82, 2.24) is 0 Å². The van der Waals surface area contributed by atoms with Crippen molar-refractivity contribution in [2.75, 3.05) is 13.7 Å². The minimum absolute atomic E-state index is 0.314. The van der Waals surface area contributed by atoms with Crippen LogP contribution in [0.4, 0.5) is 4.39 Å². The van der Waals surface area contributed by atoms with Gasteiger partial charge < -0.3 is 18.9 Å². The van der Waals surface area contributed by atoms with E-state index in [9.17, 15) is 4.39 Å². The van der Waals surface area contributed by atoms with Crippen LogP contribution in [0.2, 0.25) is 0 Å². The molecule has 0 saturated heterocycles. The Bertz CT molecular complexity index is 986. The lowest BCUT2D eigenvalue weighted by Gasteiger charge is -2.27. The zero-order valence-corrected chi connectivity index (χ0v) is 18.5. The van der Waals surface area contributed by atoms with E-state index in [4.69, 9.17) is 18.9 Å². The fourth-order valence-electron chi connectivity index (χ4n) is 3.46. The van der Waals surface area contributed by atoms with Gasteiger partial charge >= 0.3 is 0 Å². The van der Waals surface area contributed by atoms with Crippen LogP contribution < -0.4 is 14.2 Å². The highest BCUT2D eigenvalue weighted by atomic mass is 19.1. The second-order valence-electron chi connectivity index (χ2n) is 8.15. The summed E-state index contributed by atoms with van der Waals surface area (Å²) in [4.78, 5) is 0. The molecule has 0 bridgehead atoms. The minimum Gasteiger partial charge on any atom is -0.497 e. The molecule has 1 aliphatic rings. The molecule has 0 amide bonds. The second kappa shape index (κ2) is 10.5. The van der Waals surface area contributed by atoms with Gasteiger partial charge in [0.05, 0.1) is 26.4 Å². The topological polar surface area (TPSA) is 36.9 Å². The van der Waals surface area contributed by atoms with Crippen LogP contribution in [0.1, 0.15) is 37.0 Å². The maximum Gasteiger partial charge on any atom is 0.153 e. The maximum atomic E-state index is 14.0. The summed E-state index contributed by atoms with van der Waals surface area (Å²) in [6, 6.07) is 22.0. The van der Waals surface area contributed by atoms with Gasteiger partial charge in [-0.15, -0.1) is 0 Å². The van der Waals surface area contributed by atoms with E-state index in [0.29, 0.717) is 24.9 Å². The number of para-hydroxylation sites is 1. The standard InChI is InChI=1S/C27H29FO4/c1-19(30-17-21-10-13-23(29-2)14-11-21)27(32-24-6-4-3-5-7-24)25-15-12-22(28)16-26(25)31-18-20-8-9-20/h3-7,10-16,19-20,27H,8-9,17-18H2,1-2H3. The molecule has 1 aliphatic carbocycles. The smallest absolute Gasteiger partial charge is 0.153 e. The van der Waals surface area contributed by atoms with Crippen molar-refractivity contribution in [3.8, 4) is 17.2 Å². The summed E-state index contributed by atoms with van der Waals surface area (Å²) in [6.07, 6.45) is 1.54. The molecule has 0 aliphatic heterocycles. The molecule has 168 valence electrons. The summed E-state index contributed by atoms with van der Waals surface area (Å²) in [5, 5.41) is 0. The quantitative estimate of drug-likeness (QED) is 0.351. The Hall–Kier alpha value is -3.05. The summed E-state index contributed by atoms with van der Waals surface area (Å²) in [7, 11) is 1.64. The van der Waals surface area contributed by atoms with E-state index in [1.807, 2.05) is 61.5 Å². The average Bonchev–Trinajstić information content (AvgIpc) is 3.66. The lowest BCUT2D eigenvalue weighted by Crippen LogP contribution is -2.25. The first kappa shape index (κ1) is 22.2. The predicted molar refractivity (Wildman–Crippen MR) is 122 cm³/mol. The third-order valence-electron chi connectivity index (χ3n) is 5.56. The molecule has 2 unspecified atom stereocenters. The molecule has 5 heteroatoms. The van der Waals surface area contributed by atoms with Crippen molar-refractivity contribution in [3.63, 3.8) is 0 Å². The third kappa shape index (κ3) is 6.01. The van der Waals surface area contributed by atoms with Crippen molar-refractivity contribution < 1.29 is 23.3 Å². The Morgan fingerprint density at radius 1 is 0.938 bits per heavy atom. The van der Waals surface area contributed by atoms with E-state index in [2.05, 4.69) is 0 Å². The SMILES string of the molecule is COc1ccc(COC(C)C(Oc2ccccc2)c2ccc(F)cc2OCC2CC2)cc1. The van der Waals surface area contributed by atoms with Crippen molar-refractivity contribution in [2.24, 2.45) is 5.92 Å². The number of hydrogen-bond donors (Lipinski definition) is 0. The number of ether oxygens (including phenoxy) is 4. The van der Waals surface area contributed by atoms with E-state index in [1.54, 1.807) is 13.2 Å². The second-order valence-corrected chi connectivity index (χ2v) is 8.15. The number of rotatable bonds is 11. The minimum atomic E-state index is -0.467. The highest BCUT2D eigenvalue weighted by Crippen LogP contribution is 2.36. The first-order chi connectivity index (χ1) is 15.6. The van der Waals surface area contributed by atoms with Gasteiger partial charge in [-0.25, -0.2) is 4.39 Å². The van der Waals surface area contributed by atoms with Crippen molar-refractivity contribution in [1.29, 1.82) is 0 Å². The van der Waals surface area contributed by atoms with Crippen molar-refractivity contribution >= 4 is 0 Å². The highest BCUT2D eigenvalue weighted by molar-refractivity contribution is 5.38. The number of methoxy groups -OCH3 is 1. The van der Waals surface area contributed by atoms with Gasteiger partial charge in [-0.2, -0.15) is 0 Å². The molecule has 3 aromatic carbocycles. The molecule has 2 atom stereocenters. The van der Waals surface area contributed by atoms with Crippen LogP contribution in [0.5, 0.6) is 17.2 Å². The molecule has 32 heavy (non-hydrogen) atoms. The van der Waals surface area contributed by atoms with E-state index >= 15 is 0 Å². The van der Waals surface area contributed by atoms with Gasteiger partial charge in [0.25, 0.3) is 0 Å². The Morgan fingerprint density at radius 2 is 1.69 bits per heavy atom. The summed E-state index contributed by atoms with van der Waals surface area (Å²) < 4.78 is 37.8. The van der Waals surface area contributed by atoms with Gasteiger partial charge in [-0.1, -0.05) is 30.3 Å². The van der Waals surface area contributed by atoms with Crippen molar-refractivity contribution in [3.05, 3.63) is 89.7 Å². The van der Waals surface area contributed by atoms with E-state index < -0.39 is 6.10 Å². The Labute approximate surface area is 188 Å². The molecule has 0 heterocycles. The van der Waals surface area contributed by atoms with Crippen LogP contribution in [0, 0.1) is 11.7 Å². The van der Waals surface area contributed by atoms with Crippen LogP contribution in [0.15, 0.2) is 72.8 Å².